The Labute approximate surface area is 178 Å². The Balaban J connectivity index is 1.70. The molecule has 4 rings (SSSR count). The van der Waals surface area contributed by atoms with Crippen LogP contribution in [0.5, 0.6) is 5.75 Å². The minimum atomic E-state index is -0.900. The van der Waals surface area contributed by atoms with Crippen LogP contribution in [0.3, 0.4) is 0 Å². The normalized spacial score (nSPS) is 11.0. The first-order chi connectivity index (χ1) is 14.5. The van der Waals surface area contributed by atoms with Crippen molar-refractivity contribution in [2.24, 2.45) is 5.73 Å². The third-order valence-corrected chi connectivity index (χ3v) is 5.01. The fraction of sp³-hybridized carbons (Fsp3) is 0.125. The summed E-state index contributed by atoms with van der Waals surface area (Å²) < 4.78 is 11.7. The number of ether oxygens (including phenoxy) is 1. The van der Waals surface area contributed by atoms with Gasteiger partial charge in [0.05, 0.1) is 6.42 Å². The molecule has 1 heterocycles. The highest BCUT2D eigenvalue weighted by molar-refractivity contribution is 6.30. The summed E-state index contributed by atoms with van der Waals surface area (Å²) in [4.78, 5) is 11.1. The topological polar surface area (TPSA) is 85.7 Å². The molecule has 6 heteroatoms. The van der Waals surface area contributed by atoms with E-state index in [1.807, 2.05) is 42.5 Å². The summed E-state index contributed by atoms with van der Waals surface area (Å²) in [5, 5.41) is 10.3. The van der Waals surface area contributed by atoms with Gasteiger partial charge in [-0.1, -0.05) is 36.4 Å². The van der Waals surface area contributed by atoms with E-state index < -0.39 is 5.97 Å². The maximum absolute atomic E-state index is 11.1. The maximum Gasteiger partial charge on any atom is 0.307 e. The zero-order chi connectivity index (χ0) is 21.1. The summed E-state index contributed by atoms with van der Waals surface area (Å²) in [6, 6.07) is 20.8. The molecule has 0 aliphatic rings. The molecule has 0 fully saturated rings. The van der Waals surface area contributed by atoms with E-state index in [-0.39, 0.29) is 13.0 Å². The summed E-state index contributed by atoms with van der Waals surface area (Å²) in [5.74, 6) is -0.348. The number of carboxylic acid groups (broad SMARTS) is 1. The molecule has 0 atom stereocenters. The number of aliphatic carboxylic acids is 1. The molecule has 0 aliphatic carbocycles. The van der Waals surface area contributed by atoms with E-state index in [0.717, 1.165) is 27.6 Å². The molecule has 0 unspecified atom stereocenters. The highest BCUT2D eigenvalue weighted by atomic mass is 35.5. The Bertz CT molecular complexity index is 1220. The van der Waals surface area contributed by atoms with Crippen molar-refractivity contribution in [2.75, 3.05) is 0 Å². The number of hydrogen-bond acceptors (Lipinski definition) is 4. The van der Waals surface area contributed by atoms with E-state index in [1.165, 1.54) is 0 Å². The van der Waals surface area contributed by atoms with Crippen LogP contribution in [-0.2, 0) is 24.4 Å². The standard InChI is InChI=1S/C24H20ClNO4/c25-22-11-19-9-16(14-29-21-7-2-1-5-18(21)12-23(27)28)10-20(24(19)30-22)17-6-3-4-15(8-17)13-26/h1-11H,12-14,26H2,(H,27,28). The van der Waals surface area contributed by atoms with Gasteiger partial charge in [-0.2, -0.15) is 0 Å². The minimum absolute atomic E-state index is 0.0936. The average Bonchev–Trinajstić information content (AvgIpc) is 3.12. The zero-order valence-electron chi connectivity index (χ0n) is 16.1. The molecule has 0 saturated heterocycles. The lowest BCUT2D eigenvalue weighted by Gasteiger charge is -2.12. The van der Waals surface area contributed by atoms with Gasteiger partial charge in [-0.3, -0.25) is 4.79 Å². The fourth-order valence-corrected chi connectivity index (χ4v) is 3.66. The van der Waals surface area contributed by atoms with Crippen LogP contribution in [0, 0.1) is 0 Å². The molecule has 3 aromatic carbocycles. The van der Waals surface area contributed by atoms with E-state index in [0.29, 0.717) is 28.7 Å². The second-order valence-electron chi connectivity index (χ2n) is 6.98. The third kappa shape index (κ3) is 4.32. The second-order valence-corrected chi connectivity index (χ2v) is 7.36. The van der Waals surface area contributed by atoms with Crippen molar-refractivity contribution < 1.29 is 19.1 Å². The number of rotatable bonds is 7. The first-order valence-corrected chi connectivity index (χ1v) is 9.85. The van der Waals surface area contributed by atoms with Gasteiger partial charge in [0.15, 0.2) is 5.22 Å². The van der Waals surface area contributed by atoms with E-state index >= 15 is 0 Å². The highest BCUT2D eigenvalue weighted by Crippen LogP contribution is 2.35. The van der Waals surface area contributed by atoms with Crippen LogP contribution in [0.15, 0.2) is 71.1 Å². The van der Waals surface area contributed by atoms with Gasteiger partial charge in [-0.05, 0) is 52.6 Å². The van der Waals surface area contributed by atoms with Gasteiger partial charge in [-0.15, -0.1) is 0 Å². The summed E-state index contributed by atoms with van der Waals surface area (Å²) in [5.41, 5.74) is 10.9. The third-order valence-electron chi connectivity index (χ3n) is 4.83. The van der Waals surface area contributed by atoms with E-state index in [9.17, 15) is 4.79 Å². The van der Waals surface area contributed by atoms with Crippen molar-refractivity contribution in [3.8, 4) is 16.9 Å². The number of benzene rings is 3. The molecular weight excluding hydrogens is 402 g/mol. The summed E-state index contributed by atoms with van der Waals surface area (Å²) in [6.45, 7) is 0.720. The molecule has 3 N–H and O–H groups in total. The quantitative estimate of drug-likeness (QED) is 0.416. The number of nitrogens with two attached hydrogens (primary N) is 1. The number of carboxylic acids is 1. The van der Waals surface area contributed by atoms with Gasteiger partial charge in [0.1, 0.15) is 17.9 Å². The number of para-hydroxylation sites is 1. The van der Waals surface area contributed by atoms with Crippen molar-refractivity contribution >= 4 is 28.5 Å². The lowest BCUT2D eigenvalue weighted by atomic mass is 9.99. The minimum Gasteiger partial charge on any atom is -0.489 e. The monoisotopic (exact) mass is 421 g/mol. The van der Waals surface area contributed by atoms with Gasteiger partial charge in [0.25, 0.3) is 0 Å². The Morgan fingerprint density at radius 3 is 2.67 bits per heavy atom. The molecular formula is C24H20ClNO4. The predicted molar refractivity (Wildman–Crippen MR) is 117 cm³/mol. The molecule has 5 nitrogen and oxygen atoms in total. The van der Waals surface area contributed by atoms with Crippen LogP contribution in [-0.4, -0.2) is 11.1 Å². The van der Waals surface area contributed by atoms with Gasteiger partial charge < -0.3 is 20.0 Å². The molecule has 4 aromatic rings. The molecule has 0 saturated carbocycles. The first-order valence-electron chi connectivity index (χ1n) is 9.47. The van der Waals surface area contributed by atoms with Crippen LogP contribution in [0.1, 0.15) is 16.7 Å². The Morgan fingerprint density at radius 1 is 1.03 bits per heavy atom. The van der Waals surface area contributed by atoms with Crippen LogP contribution in [0.4, 0.5) is 0 Å². The molecule has 0 radical (unpaired) electrons. The maximum atomic E-state index is 11.1. The molecule has 152 valence electrons. The van der Waals surface area contributed by atoms with Crippen molar-refractivity contribution in [3.05, 3.63) is 88.6 Å². The summed E-state index contributed by atoms with van der Waals surface area (Å²) in [6.07, 6.45) is -0.0936. The average molecular weight is 422 g/mol. The van der Waals surface area contributed by atoms with Crippen LogP contribution in [0.2, 0.25) is 5.22 Å². The summed E-state index contributed by atoms with van der Waals surface area (Å²) >= 11 is 6.12. The Kier molecular flexibility index (Phi) is 5.74. The van der Waals surface area contributed by atoms with Crippen LogP contribution < -0.4 is 10.5 Å². The number of furan rings is 1. The molecule has 0 bridgehead atoms. The Morgan fingerprint density at radius 2 is 1.87 bits per heavy atom. The molecule has 1 aromatic heterocycles. The fourth-order valence-electron chi connectivity index (χ4n) is 3.46. The number of hydrogen-bond donors (Lipinski definition) is 2. The lowest BCUT2D eigenvalue weighted by Crippen LogP contribution is -2.04. The van der Waals surface area contributed by atoms with Gasteiger partial charge >= 0.3 is 5.97 Å². The molecule has 0 aliphatic heterocycles. The van der Waals surface area contributed by atoms with Crippen LogP contribution in [0.25, 0.3) is 22.1 Å². The van der Waals surface area contributed by atoms with Gasteiger partial charge in [-0.25, -0.2) is 0 Å². The number of fused-ring (bicyclic) bond motifs is 1. The van der Waals surface area contributed by atoms with Crippen molar-refractivity contribution in [1.29, 1.82) is 0 Å². The zero-order valence-corrected chi connectivity index (χ0v) is 16.9. The first kappa shape index (κ1) is 20.0. The summed E-state index contributed by atoms with van der Waals surface area (Å²) in [7, 11) is 0. The van der Waals surface area contributed by atoms with E-state index in [4.69, 9.17) is 31.6 Å². The van der Waals surface area contributed by atoms with Crippen molar-refractivity contribution in [2.45, 2.75) is 19.6 Å². The number of halogens is 1. The smallest absolute Gasteiger partial charge is 0.307 e. The lowest BCUT2D eigenvalue weighted by molar-refractivity contribution is -0.136. The second kappa shape index (κ2) is 8.61. The number of carbonyl (C=O) groups is 1. The molecule has 30 heavy (non-hydrogen) atoms. The predicted octanol–water partition coefficient (Wildman–Crippen LogP) is 5.42. The SMILES string of the molecule is NCc1cccc(-c2cc(COc3ccccc3CC(=O)O)cc3cc(Cl)oc23)c1. The van der Waals surface area contributed by atoms with Crippen molar-refractivity contribution in [1.82, 2.24) is 0 Å². The van der Waals surface area contributed by atoms with Gasteiger partial charge in [0, 0.05) is 29.1 Å². The largest absolute Gasteiger partial charge is 0.489 e. The van der Waals surface area contributed by atoms with Crippen LogP contribution >= 0.6 is 11.6 Å². The Hall–Kier alpha value is -3.28. The van der Waals surface area contributed by atoms with E-state index in [2.05, 4.69) is 0 Å². The van der Waals surface area contributed by atoms with Gasteiger partial charge in [0.2, 0.25) is 0 Å². The highest BCUT2D eigenvalue weighted by Gasteiger charge is 2.13. The van der Waals surface area contributed by atoms with Crippen molar-refractivity contribution in [3.63, 3.8) is 0 Å². The van der Waals surface area contributed by atoms with E-state index in [1.54, 1.807) is 24.3 Å². The molecule has 0 spiro atoms. The molecule has 0 amide bonds.